The van der Waals surface area contributed by atoms with E-state index in [2.05, 4.69) is 38.4 Å². The fourth-order valence-corrected chi connectivity index (χ4v) is 8.10. The highest BCUT2D eigenvalue weighted by atomic mass is 35.5. The molecule has 1 atom stereocenters. The summed E-state index contributed by atoms with van der Waals surface area (Å²) < 4.78 is 49.4. The molecule has 1 unspecified atom stereocenters. The number of nitrogens with one attached hydrogen (secondary N) is 1. The van der Waals surface area contributed by atoms with Crippen LogP contribution in [0.25, 0.3) is 21.9 Å². The first-order valence-electron chi connectivity index (χ1n) is 15.2. The quantitative estimate of drug-likeness (QED) is 0.127. The summed E-state index contributed by atoms with van der Waals surface area (Å²) in [5, 5.41) is 15.6. The molecule has 8 nitrogen and oxygen atoms in total. The Kier molecular flexibility index (Phi) is 9.24. The molecule has 0 spiro atoms. The van der Waals surface area contributed by atoms with Gasteiger partial charge in [-0.25, -0.2) is 12.8 Å². The molecular formula is C34H35ClFN5O3S. The van der Waals surface area contributed by atoms with E-state index in [0.717, 1.165) is 72.1 Å². The topological polar surface area (TPSA) is 104 Å². The molecule has 0 radical (unpaired) electrons. The van der Waals surface area contributed by atoms with Crippen LogP contribution < -0.4 is 4.72 Å². The number of benzene rings is 3. The molecule has 1 saturated heterocycles. The van der Waals surface area contributed by atoms with Gasteiger partial charge in [0.1, 0.15) is 11.3 Å². The Balaban J connectivity index is 1.16. The van der Waals surface area contributed by atoms with Gasteiger partial charge in [-0.1, -0.05) is 29.4 Å². The van der Waals surface area contributed by atoms with Crippen molar-refractivity contribution in [3.63, 3.8) is 0 Å². The zero-order valence-electron chi connectivity index (χ0n) is 25.0. The molecule has 3 heterocycles. The van der Waals surface area contributed by atoms with Crippen molar-refractivity contribution in [1.29, 1.82) is 5.26 Å². The Morgan fingerprint density at radius 2 is 1.87 bits per heavy atom. The van der Waals surface area contributed by atoms with Crippen molar-refractivity contribution in [3.05, 3.63) is 95.1 Å². The van der Waals surface area contributed by atoms with Crippen LogP contribution in [0, 0.1) is 24.1 Å². The predicted molar refractivity (Wildman–Crippen MR) is 173 cm³/mol. The van der Waals surface area contributed by atoms with E-state index in [4.69, 9.17) is 16.1 Å². The first-order chi connectivity index (χ1) is 21.7. The maximum atomic E-state index is 13.6. The SMILES string of the molecule is Cc1c(CCN2CCC(c3noc4cc(F)ccc34)CC2)c2cc(CC(Cl)NS(=O)(=O)c3ccccc3)ccc2n1CCC#N. The van der Waals surface area contributed by atoms with Crippen molar-refractivity contribution in [1.82, 2.24) is 19.3 Å². The molecule has 3 aromatic carbocycles. The van der Waals surface area contributed by atoms with Crippen LogP contribution in [-0.4, -0.2) is 48.2 Å². The second-order valence-electron chi connectivity index (χ2n) is 11.7. The van der Waals surface area contributed by atoms with Gasteiger partial charge < -0.3 is 14.0 Å². The van der Waals surface area contributed by atoms with Gasteiger partial charge >= 0.3 is 0 Å². The second-order valence-corrected chi connectivity index (χ2v) is 13.9. The number of rotatable bonds is 11. The Hall–Kier alpha value is -3.75. The predicted octanol–water partition coefficient (Wildman–Crippen LogP) is 6.65. The summed E-state index contributed by atoms with van der Waals surface area (Å²) in [5.41, 5.74) is 4.94. The van der Waals surface area contributed by atoms with Crippen molar-refractivity contribution in [2.24, 2.45) is 0 Å². The maximum absolute atomic E-state index is 13.6. The lowest BCUT2D eigenvalue weighted by molar-refractivity contribution is 0.211. The molecule has 0 bridgehead atoms. The summed E-state index contributed by atoms with van der Waals surface area (Å²) in [6.07, 6.45) is 3.47. The number of halogens is 2. The largest absolute Gasteiger partial charge is 0.356 e. The Labute approximate surface area is 267 Å². The lowest BCUT2D eigenvalue weighted by Crippen LogP contribution is -2.34. The number of alkyl halides is 1. The summed E-state index contributed by atoms with van der Waals surface area (Å²) in [6, 6.07) is 21.2. The lowest BCUT2D eigenvalue weighted by atomic mass is 9.91. The summed E-state index contributed by atoms with van der Waals surface area (Å²) in [7, 11) is -3.74. The average molecular weight is 648 g/mol. The molecule has 0 saturated carbocycles. The standard InChI is InChI=1S/C34H35ClFN5O3S/c1-23-28(14-19-40-17-12-25(13-18-40)34-29-10-9-26(36)22-32(29)44-38-34)30-20-24(8-11-31(30)41(23)16-5-15-37)21-33(35)39-45(42,43)27-6-3-2-4-7-27/h2-4,6-11,20,22,25,33,39H,5,12-14,16-19,21H2,1H3. The van der Waals surface area contributed by atoms with E-state index in [1.54, 1.807) is 24.3 Å². The van der Waals surface area contributed by atoms with Crippen LogP contribution in [0.1, 0.15) is 47.7 Å². The van der Waals surface area contributed by atoms with Gasteiger partial charge in [0.05, 0.1) is 23.1 Å². The van der Waals surface area contributed by atoms with E-state index in [1.807, 2.05) is 12.1 Å². The van der Waals surface area contributed by atoms with Gasteiger partial charge in [-0.15, -0.1) is 11.6 Å². The Morgan fingerprint density at radius 3 is 2.62 bits per heavy atom. The van der Waals surface area contributed by atoms with Gasteiger partial charge in [-0.05, 0) is 86.8 Å². The minimum absolute atomic E-state index is 0.174. The second kappa shape index (κ2) is 13.3. The molecule has 6 rings (SSSR count). The van der Waals surface area contributed by atoms with Gasteiger partial charge in [0.2, 0.25) is 10.0 Å². The molecule has 45 heavy (non-hydrogen) atoms. The normalized spacial score (nSPS) is 15.5. The first kappa shape index (κ1) is 31.2. The number of fused-ring (bicyclic) bond motifs is 2. The fraction of sp³-hybridized carbons (Fsp3) is 0.353. The number of likely N-dealkylation sites (tertiary alicyclic amines) is 1. The fourth-order valence-electron chi connectivity index (χ4n) is 6.50. The third kappa shape index (κ3) is 6.77. The number of hydrogen-bond donors (Lipinski definition) is 1. The number of nitriles is 1. The third-order valence-electron chi connectivity index (χ3n) is 8.83. The Morgan fingerprint density at radius 1 is 1.09 bits per heavy atom. The summed E-state index contributed by atoms with van der Waals surface area (Å²) in [6.45, 7) is 5.44. The van der Waals surface area contributed by atoms with Gasteiger partial charge in [-0.3, -0.25) is 0 Å². The van der Waals surface area contributed by atoms with Crippen LogP contribution in [0.3, 0.4) is 0 Å². The van der Waals surface area contributed by atoms with Gasteiger partial charge in [0, 0.05) is 53.5 Å². The molecule has 1 N–H and O–H groups in total. The number of aryl methyl sites for hydroxylation is 1. The minimum atomic E-state index is -3.74. The van der Waals surface area contributed by atoms with Crippen molar-refractivity contribution in [2.45, 2.75) is 61.9 Å². The van der Waals surface area contributed by atoms with E-state index in [0.29, 0.717) is 25.0 Å². The highest BCUT2D eigenvalue weighted by Crippen LogP contribution is 2.34. The number of hydrogen-bond acceptors (Lipinski definition) is 6. The molecule has 2 aromatic heterocycles. The van der Waals surface area contributed by atoms with Crippen LogP contribution in [0.5, 0.6) is 0 Å². The van der Waals surface area contributed by atoms with Crippen molar-refractivity contribution in [3.8, 4) is 6.07 Å². The first-order valence-corrected chi connectivity index (χ1v) is 17.1. The van der Waals surface area contributed by atoms with Crippen LogP contribution in [0.4, 0.5) is 4.39 Å². The van der Waals surface area contributed by atoms with Crippen LogP contribution in [0.2, 0.25) is 0 Å². The van der Waals surface area contributed by atoms with E-state index in [9.17, 15) is 18.1 Å². The molecule has 1 aliphatic heterocycles. The zero-order valence-corrected chi connectivity index (χ0v) is 26.6. The monoisotopic (exact) mass is 647 g/mol. The van der Waals surface area contributed by atoms with Gasteiger partial charge in [0.15, 0.2) is 5.58 Å². The minimum Gasteiger partial charge on any atom is -0.356 e. The van der Waals surface area contributed by atoms with Crippen LogP contribution >= 0.6 is 11.6 Å². The smallest absolute Gasteiger partial charge is 0.241 e. The zero-order chi connectivity index (χ0) is 31.6. The average Bonchev–Trinajstić information content (AvgIpc) is 3.56. The number of sulfonamides is 1. The lowest BCUT2D eigenvalue weighted by Gasteiger charge is -2.31. The van der Waals surface area contributed by atoms with Gasteiger partial charge in [0.25, 0.3) is 0 Å². The molecule has 11 heteroatoms. The van der Waals surface area contributed by atoms with Crippen LogP contribution in [-0.2, 0) is 29.4 Å². The molecule has 1 fully saturated rings. The van der Waals surface area contributed by atoms with Gasteiger partial charge in [-0.2, -0.15) is 9.98 Å². The molecule has 234 valence electrons. The number of aromatic nitrogens is 2. The summed E-state index contributed by atoms with van der Waals surface area (Å²) >= 11 is 6.53. The molecule has 0 aliphatic carbocycles. The van der Waals surface area contributed by atoms with Crippen molar-refractivity contribution < 1.29 is 17.3 Å². The summed E-state index contributed by atoms with van der Waals surface area (Å²) in [5.74, 6) is -0.0560. The van der Waals surface area contributed by atoms with Crippen LogP contribution in [0.15, 0.2) is 76.1 Å². The number of piperidine rings is 1. The van der Waals surface area contributed by atoms with E-state index in [1.165, 1.54) is 29.8 Å². The Bertz CT molecular complexity index is 1960. The molecule has 5 aromatic rings. The highest BCUT2D eigenvalue weighted by Gasteiger charge is 2.26. The van der Waals surface area contributed by atoms with Crippen molar-refractivity contribution >= 4 is 43.5 Å². The maximum Gasteiger partial charge on any atom is 0.241 e. The molecule has 0 amide bonds. The summed E-state index contributed by atoms with van der Waals surface area (Å²) in [4.78, 5) is 2.64. The molecular weight excluding hydrogens is 613 g/mol. The number of nitrogens with zero attached hydrogens (tertiary/aromatic N) is 4. The van der Waals surface area contributed by atoms with Crippen molar-refractivity contribution in [2.75, 3.05) is 19.6 Å². The highest BCUT2D eigenvalue weighted by molar-refractivity contribution is 7.89. The van der Waals surface area contributed by atoms with E-state index in [-0.39, 0.29) is 16.6 Å². The van der Waals surface area contributed by atoms with E-state index < -0.39 is 15.5 Å². The third-order valence-corrected chi connectivity index (χ3v) is 10.7. The molecule has 1 aliphatic rings. The van der Waals surface area contributed by atoms with E-state index >= 15 is 0 Å².